The van der Waals surface area contributed by atoms with Crippen LogP contribution in [0.5, 0.6) is 5.75 Å². The Hall–Kier alpha value is -5.67. The Morgan fingerprint density at radius 3 is 1.77 bits per heavy atom. The Labute approximate surface area is 328 Å². The molecular formula is C40H56N4O12. The number of urea groups is 1. The predicted molar refractivity (Wildman–Crippen MR) is 204 cm³/mol. The van der Waals surface area contributed by atoms with Gasteiger partial charge in [-0.3, -0.25) is 9.59 Å². The average molecular weight is 785 g/mol. The number of hydrogen-bond donors (Lipinski definition) is 4. The van der Waals surface area contributed by atoms with Gasteiger partial charge in [0.15, 0.2) is 6.61 Å². The molecule has 2 rings (SSSR count). The highest BCUT2D eigenvalue weighted by molar-refractivity contribution is 6.32. The summed E-state index contributed by atoms with van der Waals surface area (Å²) in [7, 11) is 0. The molecule has 0 saturated heterocycles. The molecule has 2 aromatic rings. The first-order valence-corrected chi connectivity index (χ1v) is 18.3. The van der Waals surface area contributed by atoms with Gasteiger partial charge in [-0.2, -0.15) is 0 Å². The second kappa shape index (κ2) is 21.4. The summed E-state index contributed by atoms with van der Waals surface area (Å²) in [5, 5.41) is 10.00. The van der Waals surface area contributed by atoms with Crippen LogP contribution in [0.15, 0.2) is 54.6 Å². The van der Waals surface area contributed by atoms with Crippen LogP contribution in [0.4, 0.5) is 4.79 Å². The van der Waals surface area contributed by atoms with E-state index in [9.17, 15) is 33.6 Å². The van der Waals surface area contributed by atoms with Crippen molar-refractivity contribution in [1.82, 2.24) is 21.3 Å². The molecule has 0 heterocycles. The smallest absolute Gasteiger partial charge is 0.397 e. The Balaban J connectivity index is 1.93. The highest BCUT2D eigenvalue weighted by atomic mass is 16.6. The van der Waals surface area contributed by atoms with Crippen LogP contribution in [-0.2, 0) is 49.5 Å². The number of carbonyl (C=O) groups excluding carboxylic acids is 7. The van der Waals surface area contributed by atoms with Gasteiger partial charge in [0.2, 0.25) is 0 Å². The van der Waals surface area contributed by atoms with E-state index in [0.29, 0.717) is 24.2 Å². The maximum Gasteiger partial charge on any atom is 0.397 e. The normalized spacial score (nSPS) is 12.5. The largest absolute Gasteiger partial charge is 0.482 e. The molecule has 56 heavy (non-hydrogen) atoms. The van der Waals surface area contributed by atoms with Gasteiger partial charge in [-0.25, -0.2) is 24.0 Å². The summed E-state index contributed by atoms with van der Waals surface area (Å²) in [4.78, 5) is 88.5. The third-order valence-electron chi connectivity index (χ3n) is 6.97. The number of nitrogens with one attached hydrogen (secondary N) is 4. The summed E-state index contributed by atoms with van der Waals surface area (Å²) in [6, 6.07) is 11.9. The molecule has 4 amide bonds. The van der Waals surface area contributed by atoms with Gasteiger partial charge in [0.1, 0.15) is 41.2 Å². The van der Waals surface area contributed by atoms with Crippen molar-refractivity contribution in [2.45, 2.75) is 117 Å². The molecule has 0 spiro atoms. The highest BCUT2D eigenvalue weighted by Gasteiger charge is 2.32. The van der Waals surface area contributed by atoms with Crippen LogP contribution in [0.25, 0.3) is 0 Å². The Morgan fingerprint density at radius 1 is 0.643 bits per heavy atom. The summed E-state index contributed by atoms with van der Waals surface area (Å²) >= 11 is 0. The molecule has 0 aliphatic carbocycles. The van der Waals surface area contributed by atoms with Crippen molar-refractivity contribution < 1.29 is 57.2 Å². The van der Waals surface area contributed by atoms with Gasteiger partial charge < -0.3 is 45.0 Å². The number of esters is 4. The van der Waals surface area contributed by atoms with Crippen molar-refractivity contribution in [3.8, 4) is 5.75 Å². The topological polar surface area (TPSA) is 214 Å². The first kappa shape index (κ1) is 46.5. The summed E-state index contributed by atoms with van der Waals surface area (Å²) in [5.41, 5.74) is -1.55. The van der Waals surface area contributed by atoms with Gasteiger partial charge in [-0.15, -0.1) is 0 Å². The summed E-state index contributed by atoms with van der Waals surface area (Å²) < 4.78 is 26.6. The molecule has 0 aromatic heterocycles. The van der Waals surface area contributed by atoms with Gasteiger partial charge in [0, 0.05) is 18.7 Å². The minimum absolute atomic E-state index is 0.116. The number of ether oxygens (including phenoxy) is 5. The van der Waals surface area contributed by atoms with Crippen molar-refractivity contribution in [1.29, 1.82) is 0 Å². The molecule has 0 fully saturated rings. The average Bonchev–Trinajstić information content (AvgIpc) is 3.09. The first-order valence-electron chi connectivity index (χ1n) is 18.3. The van der Waals surface area contributed by atoms with E-state index in [1.165, 1.54) is 0 Å². The minimum Gasteiger partial charge on any atom is -0.482 e. The zero-order valence-corrected chi connectivity index (χ0v) is 33.7. The van der Waals surface area contributed by atoms with Gasteiger partial charge in [-0.05, 0) is 111 Å². The fraction of sp³-hybridized carbons (Fsp3) is 0.525. The summed E-state index contributed by atoms with van der Waals surface area (Å²) in [5.74, 6) is -4.44. The number of unbranched alkanes of at least 4 members (excludes halogenated alkanes) is 1. The fourth-order valence-corrected chi connectivity index (χ4v) is 4.54. The number of amides is 4. The van der Waals surface area contributed by atoms with Crippen molar-refractivity contribution in [2.24, 2.45) is 0 Å². The van der Waals surface area contributed by atoms with E-state index in [1.807, 2.05) is 30.3 Å². The van der Waals surface area contributed by atoms with Crippen LogP contribution < -0.4 is 26.0 Å². The molecule has 2 aromatic carbocycles. The lowest BCUT2D eigenvalue weighted by molar-refractivity contribution is -0.164. The van der Waals surface area contributed by atoms with E-state index in [1.54, 1.807) is 86.6 Å². The standard InChI is InChI=1S/C40H56N4O12/c1-38(2,3)54-34(48)29(43-37(51)44-30(35(49)55-39(4,5)6)23-42-33(47)36(50)56-40(7,8)9)17-13-14-22-41-32(46)27-18-20-28(21-19-27)52-25-31(45)53-24-26-15-11-10-12-16-26/h10-12,15-16,18-21,29-30H,13-14,17,22-25H2,1-9H3,(H,41,46)(H,42,47)(H2,43,44,51)/t29-,30-/m0/s1. The van der Waals surface area contributed by atoms with E-state index < -0.39 is 71.2 Å². The Morgan fingerprint density at radius 2 is 1.20 bits per heavy atom. The van der Waals surface area contributed by atoms with E-state index in [2.05, 4.69) is 21.3 Å². The molecule has 2 atom stereocenters. The minimum atomic E-state index is -1.45. The molecule has 308 valence electrons. The molecule has 0 bridgehead atoms. The maximum absolute atomic E-state index is 13.2. The molecule has 0 aliphatic heterocycles. The van der Waals surface area contributed by atoms with E-state index in [0.717, 1.165) is 5.56 Å². The highest BCUT2D eigenvalue weighted by Crippen LogP contribution is 2.15. The lowest BCUT2D eigenvalue weighted by Gasteiger charge is -2.27. The first-order chi connectivity index (χ1) is 26.0. The maximum atomic E-state index is 13.2. The zero-order valence-electron chi connectivity index (χ0n) is 33.7. The molecule has 16 heteroatoms. The monoisotopic (exact) mass is 784 g/mol. The Bertz CT molecular complexity index is 1640. The van der Waals surface area contributed by atoms with Crippen molar-refractivity contribution in [3.05, 3.63) is 65.7 Å². The van der Waals surface area contributed by atoms with Gasteiger partial charge in [0.05, 0.1) is 0 Å². The number of rotatable bonds is 17. The molecule has 0 saturated carbocycles. The molecule has 16 nitrogen and oxygen atoms in total. The van der Waals surface area contributed by atoms with Crippen molar-refractivity contribution in [2.75, 3.05) is 19.7 Å². The van der Waals surface area contributed by atoms with Crippen LogP contribution >= 0.6 is 0 Å². The third-order valence-corrected chi connectivity index (χ3v) is 6.97. The predicted octanol–water partition coefficient (Wildman–Crippen LogP) is 3.89. The van der Waals surface area contributed by atoms with Crippen LogP contribution in [0.1, 0.15) is 97.5 Å². The summed E-state index contributed by atoms with van der Waals surface area (Å²) in [6.45, 7) is 14.2. The van der Waals surface area contributed by atoms with Gasteiger partial charge >= 0.3 is 35.8 Å². The molecule has 0 radical (unpaired) electrons. The second-order valence-electron chi connectivity index (χ2n) is 15.7. The number of carbonyl (C=O) groups is 7. The molecular weight excluding hydrogens is 728 g/mol. The summed E-state index contributed by atoms with van der Waals surface area (Å²) in [6.07, 6.45) is 0.918. The van der Waals surface area contributed by atoms with Gasteiger partial charge in [0.25, 0.3) is 5.91 Å². The van der Waals surface area contributed by atoms with Crippen LogP contribution in [0.2, 0.25) is 0 Å². The number of benzene rings is 2. The quantitative estimate of drug-likeness (QED) is 0.0779. The van der Waals surface area contributed by atoms with Crippen LogP contribution in [0, 0.1) is 0 Å². The van der Waals surface area contributed by atoms with Crippen LogP contribution in [-0.4, -0.2) is 90.3 Å². The Kier molecular flexibility index (Phi) is 17.8. The van der Waals surface area contributed by atoms with Gasteiger partial charge in [-0.1, -0.05) is 30.3 Å². The second-order valence-corrected chi connectivity index (χ2v) is 15.7. The van der Waals surface area contributed by atoms with Crippen LogP contribution in [0.3, 0.4) is 0 Å². The molecule has 0 unspecified atom stereocenters. The molecule has 0 aliphatic rings. The SMILES string of the molecule is CC(C)(C)OC(=O)C(=O)NC[C@H](NC(=O)N[C@@H](CCCCNC(=O)c1ccc(OCC(=O)OCc2ccccc2)cc1)C(=O)OC(C)(C)C)C(=O)OC(C)(C)C. The molecule has 4 N–H and O–H groups in total. The fourth-order valence-electron chi connectivity index (χ4n) is 4.54. The van der Waals surface area contributed by atoms with E-state index >= 15 is 0 Å². The van der Waals surface area contributed by atoms with Crippen molar-refractivity contribution in [3.63, 3.8) is 0 Å². The third kappa shape index (κ3) is 19.6. The van der Waals surface area contributed by atoms with Crippen molar-refractivity contribution >= 4 is 41.7 Å². The van der Waals surface area contributed by atoms with E-state index in [4.69, 9.17) is 23.7 Å². The lowest BCUT2D eigenvalue weighted by atomic mass is 10.1. The zero-order chi connectivity index (χ0) is 42.1. The van der Waals surface area contributed by atoms with E-state index in [-0.39, 0.29) is 32.1 Å². The number of hydrogen-bond acceptors (Lipinski definition) is 12. The lowest BCUT2D eigenvalue weighted by Crippen LogP contribution is -2.56.